The van der Waals surface area contributed by atoms with Crippen molar-refractivity contribution in [2.75, 3.05) is 0 Å². The summed E-state index contributed by atoms with van der Waals surface area (Å²) in [6, 6.07) is 10.2. The predicted octanol–water partition coefficient (Wildman–Crippen LogP) is 3.73. The number of aromatic nitrogens is 2. The fourth-order valence-electron chi connectivity index (χ4n) is 3.63. The van der Waals surface area contributed by atoms with Crippen LogP contribution in [0.25, 0.3) is 0 Å². The molecule has 0 bridgehead atoms. The van der Waals surface area contributed by atoms with Gasteiger partial charge in [-0.3, -0.25) is 4.79 Å². The molecule has 3 aromatic rings. The number of carbonyl (C=O) groups is 1. The summed E-state index contributed by atoms with van der Waals surface area (Å²) in [4.78, 5) is 19.5. The maximum atomic E-state index is 13.2. The molecule has 2 aromatic heterocycles. The van der Waals surface area contributed by atoms with Gasteiger partial charge in [-0.25, -0.2) is 4.98 Å². The van der Waals surface area contributed by atoms with Crippen LogP contribution in [0, 0.1) is 0 Å². The van der Waals surface area contributed by atoms with Crippen molar-refractivity contribution in [1.82, 2.24) is 14.5 Å². The highest BCUT2D eigenvalue weighted by atomic mass is 16.3. The quantitative estimate of drug-likeness (QED) is 0.730. The van der Waals surface area contributed by atoms with Crippen LogP contribution in [-0.4, -0.2) is 20.4 Å². The van der Waals surface area contributed by atoms with Crippen LogP contribution in [0.5, 0.6) is 0 Å². The third-order valence-corrected chi connectivity index (χ3v) is 4.98. The van der Waals surface area contributed by atoms with E-state index in [1.807, 2.05) is 22.7 Å². The van der Waals surface area contributed by atoms with Crippen LogP contribution in [0.3, 0.4) is 0 Å². The second-order valence-electron chi connectivity index (χ2n) is 6.51. The summed E-state index contributed by atoms with van der Waals surface area (Å²) in [6.07, 6.45) is 9.85. The van der Waals surface area contributed by atoms with Crippen molar-refractivity contribution in [3.8, 4) is 0 Å². The first-order chi connectivity index (χ1) is 12.2. The molecule has 5 heteroatoms. The van der Waals surface area contributed by atoms with Gasteiger partial charge in [0.2, 0.25) is 0 Å². The van der Waals surface area contributed by atoms with Gasteiger partial charge in [0.15, 0.2) is 0 Å². The monoisotopic (exact) mass is 335 g/mol. The Morgan fingerprint density at radius 3 is 3.00 bits per heavy atom. The van der Waals surface area contributed by atoms with Gasteiger partial charge in [0.25, 0.3) is 5.91 Å². The summed E-state index contributed by atoms with van der Waals surface area (Å²) >= 11 is 0. The van der Waals surface area contributed by atoms with E-state index in [0.717, 1.165) is 25.1 Å². The Bertz CT molecular complexity index is 867. The lowest BCUT2D eigenvalue weighted by atomic mass is 9.86. The zero-order chi connectivity index (χ0) is 17.2. The van der Waals surface area contributed by atoms with E-state index in [1.54, 1.807) is 18.5 Å². The highest BCUT2D eigenvalue weighted by Gasteiger charge is 2.31. The standard InChI is InChI=1S/C20H21N3O2/c1-22-11-10-21-19(22)13-23(20(24)16-9-12-25-14-16)18-8-4-6-15-5-2-3-7-17(15)18/h2-3,5,7,9-12,14,18H,4,6,8,13H2,1H3/t18-/m1/s1. The van der Waals surface area contributed by atoms with Gasteiger partial charge in [0, 0.05) is 19.4 Å². The Kier molecular flexibility index (Phi) is 4.14. The molecule has 1 aliphatic carbocycles. The second kappa shape index (κ2) is 6.59. The largest absolute Gasteiger partial charge is 0.472 e. The first-order valence-electron chi connectivity index (χ1n) is 8.61. The van der Waals surface area contributed by atoms with E-state index >= 15 is 0 Å². The SMILES string of the molecule is Cn1ccnc1CN(C(=O)c1ccoc1)[C@@H]1CCCc2ccccc21. The predicted molar refractivity (Wildman–Crippen MR) is 93.9 cm³/mol. The minimum Gasteiger partial charge on any atom is -0.472 e. The van der Waals surface area contributed by atoms with E-state index < -0.39 is 0 Å². The van der Waals surface area contributed by atoms with E-state index in [-0.39, 0.29) is 11.9 Å². The highest BCUT2D eigenvalue weighted by Crippen LogP contribution is 2.35. The van der Waals surface area contributed by atoms with Gasteiger partial charge in [-0.1, -0.05) is 24.3 Å². The molecular formula is C20H21N3O2. The number of rotatable bonds is 4. The summed E-state index contributed by atoms with van der Waals surface area (Å²) < 4.78 is 7.10. The Hall–Kier alpha value is -2.82. The van der Waals surface area contributed by atoms with Crippen molar-refractivity contribution in [3.63, 3.8) is 0 Å². The molecule has 0 N–H and O–H groups in total. The van der Waals surface area contributed by atoms with E-state index in [9.17, 15) is 4.79 Å². The van der Waals surface area contributed by atoms with Crippen molar-refractivity contribution in [1.29, 1.82) is 0 Å². The minimum atomic E-state index is -0.0153. The number of imidazole rings is 1. The normalized spacial score (nSPS) is 16.4. The van der Waals surface area contributed by atoms with Crippen molar-refractivity contribution in [3.05, 3.63) is 77.8 Å². The number of carbonyl (C=O) groups excluding carboxylic acids is 1. The van der Waals surface area contributed by atoms with Crippen LogP contribution in [0.1, 0.15) is 46.2 Å². The molecule has 0 saturated heterocycles. The Morgan fingerprint density at radius 1 is 1.36 bits per heavy atom. The fraction of sp³-hybridized carbons (Fsp3) is 0.300. The van der Waals surface area contributed by atoms with Crippen LogP contribution in [0.15, 0.2) is 59.7 Å². The number of hydrogen-bond acceptors (Lipinski definition) is 3. The van der Waals surface area contributed by atoms with Gasteiger partial charge in [-0.15, -0.1) is 0 Å². The van der Waals surface area contributed by atoms with Crippen LogP contribution in [0.2, 0.25) is 0 Å². The van der Waals surface area contributed by atoms with Crippen molar-refractivity contribution >= 4 is 5.91 Å². The highest BCUT2D eigenvalue weighted by molar-refractivity contribution is 5.94. The summed E-state index contributed by atoms with van der Waals surface area (Å²) in [5.41, 5.74) is 3.17. The molecule has 0 saturated carbocycles. The minimum absolute atomic E-state index is 0.0153. The van der Waals surface area contributed by atoms with Crippen LogP contribution in [0.4, 0.5) is 0 Å². The Labute approximate surface area is 146 Å². The van der Waals surface area contributed by atoms with E-state index in [1.165, 1.54) is 17.4 Å². The molecule has 0 unspecified atom stereocenters. The number of fused-ring (bicyclic) bond motifs is 1. The van der Waals surface area contributed by atoms with Crippen molar-refractivity contribution in [2.24, 2.45) is 7.05 Å². The lowest BCUT2D eigenvalue weighted by Crippen LogP contribution is -2.36. The lowest BCUT2D eigenvalue weighted by molar-refractivity contribution is 0.0629. The molecule has 128 valence electrons. The zero-order valence-corrected chi connectivity index (χ0v) is 14.3. The third-order valence-electron chi connectivity index (χ3n) is 4.98. The summed E-state index contributed by atoms with van der Waals surface area (Å²) in [7, 11) is 1.96. The number of nitrogens with zero attached hydrogens (tertiary/aromatic N) is 3. The molecule has 2 heterocycles. The molecule has 0 radical (unpaired) electrons. The maximum Gasteiger partial charge on any atom is 0.258 e. The smallest absolute Gasteiger partial charge is 0.258 e. The Morgan fingerprint density at radius 2 is 2.24 bits per heavy atom. The molecule has 1 aliphatic rings. The lowest BCUT2D eigenvalue weighted by Gasteiger charge is -2.35. The summed E-state index contributed by atoms with van der Waals surface area (Å²) in [5.74, 6) is 0.860. The van der Waals surface area contributed by atoms with Crippen LogP contribution >= 0.6 is 0 Å². The zero-order valence-electron chi connectivity index (χ0n) is 14.3. The van der Waals surface area contributed by atoms with Crippen molar-refractivity contribution < 1.29 is 9.21 Å². The number of amides is 1. The molecule has 1 aromatic carbocycles. The molecule has 4 rings (SSSR count). The number of benzene rings is 1. The van der Waals surface area contributed by atoms with Gasteiger partial charge in [0.05, 0.1) is 24.4 Å². The van der Waals surface area contributed by atoms with Crippen LogP contribution in [-0.2, 0) is 20.0 Å². The molecule has 0 fully saturated rings. The molecule has 1 atom stereocenters. The van der Waals surface area contributed by atoms with Gasteiger partial charge in [0.1, 0.15) is 12.1 Å². The molecule has 25 heavy (non-hydrogen) atoms. The average Bonchev–Trinajstić information content (AvgIpc) is 3.31. The molecular weight excluding hydrogens is 314 g/mol. The van der Waals surface area contributed by atoms with Crippen molar-refractivity contribution in [2.45, 2.75) is 31.8 Å². The number of hydrogen-bond donors (Lipinski definition) is 0. The number of aryl methyl sites for hydroxylation is 2. The number of furan rings is 1. The van der Waals surface area contributed by atoms with E-state index in [0.29, 0.717) is 12.1 Å². The van der Waals surface area contributed by atoms with Gasteiger partial charge in [-0.2, -0.15) is 0 Å². The first kappa shape index (κ1) is 15.7. The Balaban J connectivity index is 1.73. The molecule has 0 aliphatic heterocycles. The second-order valence-corrected chi connectivity index (χ2v) is 6.51. The first-order valence-corrected chi connectivity index (χ1v) is 8.61. The van der Waals surface area contributed by atoms with E-state index in [2.05, 4.69) is 29.2 Å². The molecule has 5 nitrogen and oxygen atoms in total. The summed E-state index contributed by atoms with van der Waals surface area (Å²) in [6.45, 7) is 0.479. The topological polar surface area (TPSA) is 51.3 Å². The van der Waals surface area contributed by atoms with Gasteiger partial charge in [-0.05, 0) is 36.5 Å². The van der Waals surface area contributed by atoms with Gasteiger partial charge < -0.3 is 13.9 Å². The summed E-state index contributed by atoms with van der Waals surface area (Å²) in [5, 5.41) is 0. The molecule has 0 spiro atoms. The fourth-order valence-corrected chi connectivity index (χ4v) is 3.63. The van der Waals surface area contributed by atoms with Gasteiger partial charge >= 0.3 is 0 Å². The third kappa shape index (κ3) is 2.97. The van der Waals surface area contributed by atoms with Crippen LogP contribution < -0.4 is 0 Å². The van der Waals surface area contributed by atoms with E-state index in [4.69, 9.17) is 4.42 Å². The average molecular weight is 335 g/mol. The molecule has 1 amide bonds. The maximum absolute atomic E-state index is 13.2.